The summed E-state index contributed by atoms with van der Waals surface area (Å²) in [6, 6.07) is 14.4. The van der Waals surface area contributed by atoms with Crippen molar-refractivity contribution >= 4 is 58.7 Å². The molecule has 0 aromatic heterocycles. The Hall–Kier alpha value is -8.94. The second-order valence-corrected chi connectivity index (χ2v) is 19.9. The van der Waals surface area contributed by atoms with Gasteiger partial charge in [0.05, 0.1) is 74.9 Å². The van der Waals surface area contributed by atoms with Gasteiger partial charge in [0.1, 0.15) is 23.0 Å². The van der Waals surface area contributed by atoms with Crippen molar-refractivity contribution in [3.63, 3.8) is 0 Å². The molecule has 0 spiro atoms. The summed E-state index contributed by atoms with van der Waals surface area (Å²) in [4.78, 5) is 118. The van der Waals surface area contributed by atoms with Gasteiger partial charge in [-0.05, 0) is 135 Å². The highest BCUT2D eigenvalue weighted by Crippen LogP contribution is 2.26. The molecule has 0 saturated carbocycles. The molecular formula is C59H81N13O12. The van der Waals surface area contributed by atoms with Crippen molar-refractivity contribution in [1.29, 1.82) is 0 Å². The Labute approximate surface area is 488 Å². The average Bonchev–Trinajstić information content (AvgIpc) is 3.56. The molecule has 19 N–H and O–H groups in total. The number of nitrogens with one attached hydrogen (secondary N) is 3. The van der Waals surface area contributed by atoms with Gasteiger partial charge in [-0.25, -0.2) is 0 Å². The van der Waals surface area contributed by atoms with Gasteiger partial charge in [0.25, 0.3) is 23.6 Å². The summed E-state index contributed by atoms with van der Waals surface area (Å²) in [7, 11) is 5.48. The molecule has 0 saturated heterocycles. The Morgan fingerprint density at radius 2 is 0.726 bits per heavy atom. The molecule has 0 heterocycles. The standard InChI is InChI=1S/C59H81N13O12/c1-81-50-18-14-34(26-38(50)54(63)77)31-47(74)43(11-7-23-61)70-55(78)40-28-36(16-20-52(40)83-3)32-49(76)45(13-9-25-69-59(66)67)72-57(80)41-29-37(17-21-53(41)84-4)33-48(75)44(12-8-24-68-58(64)65)71-56(79)39-27-35(15-19-51(39)82-2)30-46(73)42(62)10-5-6-22-60/h14-21,26-29,42-45H,5-13,22-25,30-33,60-62H2,1-4H3,(H2,63,77)(H,70,78)(H,71,79)(H,72,80)(H4,64,65,68)(H4,66,67,69)/t42-,43-,44-,45-/m1/s1. The Morgan fingerprint density at radius 1 is 0.417 bits per heavy atom. The minimum Gasteiger partial charge on any atom is -0.496 e. The van der Waals surface area contributed by atoms with Crippen LogP contribution in [0.2, 0.25) is 0 Å². The van der Waals surface area contributed by atoms with E-state index in [0.29, 0.717) is 48.1 Å². The number of unbranched alkanes of at least 4 members (excludes halogenated alkanes) is 1. The van der Waals surface area contributed by atoms with Crippen LogP contribution in [-0.4, -0.2) is 137 Å². The quantitative estimate of drug-likeness (QED) is 0.0169. The van der Waals surface area contributed by atoms with Crippen LogP contribution in [0, 0.1) is 0 Å². The van der Waals surface area contributed by atoms with Crippen molar-refractivity contribution in [2.24, 2.45) is 55.9 Å². The van der Waals surface area contributed by atoms with E-state index in [1.54, 1.807) is 30.3 Å². The van der Waals surface area contributed by atoms with Gasteiger partial charge in [0.15, 0.2) is 35.1 Å². The number of ketones is 4. The minimum atomic E-state index is -1.15. The lowest BCUT2D eigenvalue weighted by atomic mass is 9.96. The van der Waals surface area contributed by atoms with Gasteiger partial charge in [-0.15, -0.1) is 0 Å². The van der Waals surface area contributed by atoms with Gasteiger partial charge in [-0.2, -0.15) is 0 Å². The molecule has 4 amide bonds. The molecule has 4 aromatic rings. The molecule has 0 bridgehead atoms. The lowest BCUT2D eigenvalue weighted by Gasteiger charge is -2.21. The first-order valence-corrected chi connectivity index (χ1v) is 27.4. The van der Waals surface area contributed by atoms with E-state index in [2.05, 4.69) is 25.9 Å². The number of ether oxygens (including phenoxy) is 4. The predicted octanol–water partition coefficient (Wildman–Crippen LogP) is 0.964. The molecule has 84 heavy (non-hydrogen) atoms. The number of aliphatic imine (C=N–C) groups is 2. The maximum absolute atomic E-state index is 14.4. The normalized spacial score (nSPS) is 12.3. The number of hydrogen-bond donors (Lipinski definition) is 11. The number of nitrogens with two attached hydrogens (primary N) is 8. The SMILES string of the molecule is COc1ccc(CC(=O)[C@@H](CCCN)NC(=O)c2cc(CC(=O)[C@@H](CCCN=C(N)N)NC(=O)c3cc(CC(=O)[C@@H](CCCN=C(N)N)NC(=O)c4cc(CC(=O)[C@H](N)CCCCN)ccc4OC)ccc3OC)ccc2OC)cc1C(N)=O. The van der Waals surface area contributed by atoms with E-state index in [0.717, 1.165) is 6.42 Å². The summed E-state index contributed by atoms with van der Waals surface area (Å²) in [6.07, 6.45) is 2.42. The molecule has 0 radical (unpaired) electrons. The summed E-state index contributed by atoms with van der Waals surface area (Å²) >= 11 is 0. The van der Waals surface area contributed by atoms with E-state index >= 15 is 0 Å². The van der Waals surface area contributed by atoms with E-state index in [4.69, 9.17) is 64.8 Å². The maximum Gasteiger partial charge on any atom is 0.255 e. The second-order valence-electron chi connectivity index (χ2n) is 19.9. The van der Waals surface area contributed by atoms with Crippen LogP contribution in [0.4, 0.5) is 0 Å². The van der Waals surface area contributed by atoms with Crippen LogP contribution in [0.3, 0.4) is 0 Å². The smallest absolute Gasteiger partial charge is 0.255 e. The van der Waals surface area contributed by atoms with Crippen LogP contribution < -0.4 is 80.8 Å². The number of amides is 4. The molecule has 4 aromatic carbocycles. The van der Waals surface area contributed by atoms with Gasteiger partial charge >= 0.3 is 0 Å². The van der Waals surface area contributed by atoms with E-state index < -0.39 is 59.4 Å². The highest BCUT2D eigenvalue weighted by atomic mass is 16.5. The van der Waals surface area contributed by atoms with Crippen molar-refractivity contribution < 1.29 is 57.3 Å². The Morgan fingerprint density at radius 3 is 1.04 bits per heavy atom. The van der Waals surface area contributed by atoms with Gasteiger partial charge in [0, 0.05) is 38.8 Å². The molecule has 454 valence electrons. The highest BCUT2D eigenvalue weighted by Gasteiger charge is 2.29. The first kappa shape index (κ1) is 67.6. The zero-order valence-electron chi connectivity index (χ0n) is 48.2. The first-order chi connectivity index (χ1) is 40.2. The zero-order chi connectivity index (χ0) is 61.9. The fourth-order valence-electron chi connectivity index (χ4n) is 9.14. The number of hydrogen-bond acceptors (Lipinski definition) is 17. The lowest BCUT2D eigenvalue weighted by molar-refractivity contribution is -0.121. The fourth-order valence-corrected chi connectivity index (χ4v) is 9.14. The number of guanidine groups is 2. The number of carbonyl (C=O) groups is 8. The predicted molar refractivity (Wildman–Crippen MR) is 318 cm³/mol. The molecule has 0 unspecified atom stereocenters. The maximum atomic E-state index is 14.4. The number of benzene rings is 4. The van der Waals surface area contributed by atoms with Crippen LogP contribution in [-0.2, 0) is 44.9 Å². The third kappa shape index (κ3) is 21.1. The average molecular weight is 1160 g/mol. The van der Waals surface area contributed by atoms with Crippen molar-refractivity contribution in [2.45, 2.75) is 108 Å². The molecule has 25 heteroatoms. The summed E-state index contributed by atoms with van der Waals surface area (Å²) < 4.78 is 21.8. The van der Waals surface area contributed by atoms with E-state index in [1.165, 1.54) is 70.9 Å². The molecular weight excluding hydrogens is 1080 g/mol. The number of primary amides is 1. The minimum absolute atomic E-state index is 0.0156. The molecule has 0 fully saturated rings. The van der Waals surface area contributed by atoms with E-state index in [9.17, 15) is 38.4 Å². The fraction of sp³-hybridized carbons (Fsp3) is 0.424. The van der Waals surface area contributed by atoms with Crippen molar-refractivity contribution in [3.8, 4) is 23.0 Å². The van der Waals surface area contributed by atoms with Gasteiger partial charge in [0.2, 0.25) is 0 Å². The third-order valence-corrected chi connectivity index (χ3v) is 13.6. The second kappa shape index (κ2) is 34.5. The van der Waals surface area contributed by atoms with Crippen LogP contribution >= 0.6 is 0 Å². The highest BCUT2D eigenvalue weighted by molar-refractivity contribution is 6.03. The summed E-state index contributed by atoms with van der Waals surface area (Å²) in [5, 5.41) is 8.45. The number of nitrogens with zero attached hydrogens (tertiary/aromatic N) is 2. The van der Waals surface area contributed by atoms with Crippen LogP contribution in [0.1, 0.15) is 121 Å². The Kier molecular flexibility index (Phi) is 27.7. The monoisotopic (exact) mass is 1160 g/mol. The van der Waals surface area contributed by atoms with Crippen molar-refractivity contribution in [2.75, 3.05) is 54.6 Å². The Balaban J connectivity index is 1.59. The topological polar surface area (TPSA) is 442 Å². The van der Waals surface area contributed by atoms with Crippen LogP contribution in [0.5, 0.6) is 23.0 Å². The summed E-state index contributed by atoms with van der Waals surface area (Å²) in [6.45, 7) is 0.986. The number of methoxy groups -OCH3 is 4. The van der Waals surface area contributed by atoms with Crippen molar-refractivity contribution in [3.05, 3.63) is 117 Å². The molecule has 0 aliphatic heterocycles. The summed E-state index contributed by atoms with van der Waals surface area (Å²) in [5.41, 5.74) is 47.2. The van der Waals surface area contributed by atoms with E-state index in [-0.39, 0.29) is 146 Å². The number of rotatable bonds is 38. The zero-order valence-corrected chi connectivity index (χ0v) is 48.2. The third-order valence-electron chi connectivity index (χ3n) is 13.6. The van der Waals surface area contributed by atoms with E-state index in [1.807, 2.05) is 0 Å². The Bertz CT molecular complexity index is 3010. The number of carbonyl (C=O) groups excluding carboxylic acids is 8. The molecule has 0 aliphatic carbocycles. The van der Waals surface area contributed by atoms with Gasteiger partial charge in [-0.3, -0.25) is 48.3 Å². The van der Waals surface area contributed by atoms with Gasteiger partial charge < -0.3 is 80.8 Å². The molecule has 4 atom stereocenters. The van der Waals surface area contributed by atoms with Crippen molar-refractivity contribution in [1.82, 2.24) is 16.0 Å². The molecule has 4 rings (SSSR count). The molecule has 25 nitrogen and oxygen atoms in total. The van der Waals surface area contributed by atoms with Gasteiger partial charge in [-0.1, -0.05) is 30.7 Å². The largest absolute Gasteiger partial charge is 0.496 e. The summed E-state index contributed by atoms with van der Waals surface area (Å²) in [5.74, 6) is -3.92. The number of Topliss-reactive ketones (excluding diaryl/α,β-unsaturated/α-hetero) is 4. The van der Waals surface area contributed by atoms with Crippen LogP contribution in [0.25, 0.3) is 0 Å². The first-order valence-electron chi connectivity index (χ1n) is 27.4. The lowest BCUT2D eigenvalue weighted by Crippen LogP contribution is -2.42. The van der Waals surface area contributed by atoms with Crippen LogP contribution in [0.15, 0.2) is 82.8 Å². The molecule has 0 aliphatic rings.